The zero-order chi connectivity index (χ0) is 13.8. The molecule has 0 radical (unpaired) electrons. The molecular formula is C12H17ClN2O3. The maximum atomic E-state index is 12.0. The lowest BCUT2D eigenvalue weighted by Gasteiger charge is -2.29. The molecule has 0 atom stereocenters. The number of benzene rings is 1. The van der Waals surface area contributed by atoms with Crippen LogP contribution in [-0.4, -0.2) is 34.9 Å². The maximum absolute atomic E-state index is 12.0. The van der Waals surface area contributed by atoms with Crippen LogP contribution in [0.15, 0.2) is 18.2 Å². The summed E-state index contributed by atoms with van der Waals surface area (Å²) < 4.78 is 0. The van der Waals surface area contributed by atoms with Crippen LogP contribution in [-0.2, 0) is 0 Å². The third-order valence-electron chi connectivity index (χ3n) is 2.84. The summed E-state index contributed by atoms with van der Waals surface area (Å²) in [5.74, 6) is -0.436. The second-order valence-corrected chi connectivity index (χ2v) is 4.61. The fourth-order valence-corrected chi connectivity index (χ4v) is 1.74. The van der Waals surface area contributed by atoms with Crippen molar-refractivity contribution in [2.24, 2.45) is 0 Å². The molecule has 5 N–H and O–H groups in total. The third kappa shape index (κ3) is 3.35. The van der Waals surface area contributed by atoms with E-state index < -0.39 is 11.4 Å². The summed E-state index contributed by atoms with van der Waals surface area (Å²) in [6.45, 7) is 1.07. The van der Waals surface area contributed by atoms with Crippen LogP contribution < -0.4 is 11.1 Å². The third-order valence-corrected chi connectivity index (χ3v) is 3.06. The van der Waals surface area contributed by atoms with Crippen molar-refractivity contribution in [3.63, 3.8) is 0 Å². The van der Waals surface area contributed by atoms with Gasteiger partial charge in [0, 0.05) is 16.3 Å². The van der Waals surface area contributed by atoms with Gasteiger partial charge in [-0.05, 0) is 24.6 Å². The van der Waals surface area contributed by atoms with Crippen molar-refractivity contribution in [2.45, 2.75) is 18.9 Å². The van der Waals surface area contributed by atoms with E-state index in [0.717, 1.165) is 0 Å². The molecule has 0 spiro atoms. The Morgan fingerprint density at radius 2 is 2.00 bits per heavy atom. The van der Waals surface area contributed by atoms with Crippen LogP contribution in [0.2, 0.25) is 5.02 Å². The number of nitrogens with one attached hydrogen (secondary N) is 1. The molecule has 100 valence electrons. The minimum atomic E-state index is -1.03. The van der Waals surface area contributed by atoms with E-state index in [1.54, 1.807) is 6.92 Å². The smallest absolute Gasteiger partial charge is 0.251 e. The number of amides is 1. The second-order valence-electron chi connectivity index (χ2n) is 4.18. The number of rotatable bonds is 5. The number of carbonyl (C=O) groups is 1. The minimum absolute atomic E-state index is 0.291. The van der Waals surface area contributed by atoms with Crippen molar-refractivity contribution in [3.05, 3.63) is 28.8 Å². The van der Waals surface area contributed by atoms with Crippen molar-refractivity contribution < 1.29 is 15.0 Å². The van der Waals surface area contributed by atoms with Crippen LogP contribution in [0, 0.1) is 0 Å². The number of nitrogens with two attached hydrogens (primary N) is 1. The van der Waals surface area contributed by atoms with Crippen molar-refractivity contribution in [2.75, 3.05) is 18.9 Å². The normalized spacial score (nSPS) is 11.3. The first kappa shape index (κ1) is 14.8. The van der Waals surface area contributed by atoms with Crippen LogP contribution in [0.1, 0.15) is 23.7 Å². The summed E-state index contributed by atoms with van der Waals surface area (Å²) in [7, 11) is 0. The van der Waals surface area contributed by atoms with Gasteiger partial charge in [0.05, 0.1) is 18.8 Å². The van der Waals surface area contributed by atoms with Gasteiger partial charge in [0.2, 0.25) is 0 Å². The number of nitrogen functional groups attached to an aromatic ring is 1. The monoisotopic (exact) mass is 272 g/mol. The Labute approximate surface area is 111 Å². The summed E-state index contributed by atoms with van der Waals surface area (Å²) in [6, 6.07) is 4.49. The first-order chi connectivity index (χ1) is 8.46. The van der Waals surface area contributed by atoms with E-state index in [1.165, 1.54) is 18.2 Å². The zero-order valence-electron chi connectivity index (χ0n) is 10.1. The van der Waals surface area contributed by atoms with Gasteiger partial charge in [0.25, 0.3) is 5.91 Å². The number of hydrogen-bond donors (Lipinski definition) is 4. The van der Waals surface area contributed by atoms with E-state index in [1.807, 2.05) is 0 Å². The van der Waals surface area contributed by atoms with Crippen LogP contribution in [0.5, 0.6) is 0 Å². The summed E-state index contributed by atoms with van der Waals surface area (Å²) in [5, 5.41) is 21.5. The average Bonchev–Trinajstić information content (AvgIpc) is 2.35. The molecule has 0 unspecified atom stereocenters. The van der Waals surface area contributed by atoms with E-state index in [2.05, 4.69) is 5.32 Å². The molecule has 0 saturated carbocycles. The Balaban J connectivity index is 2.94. The standard InChI is InChI=1S/C12H17ClN2O3/c1-2-12(6-16,7-17)15-11(18)8-3-9(13)5-10(14)4-8/h3-5,16-17H,2,6-7,14H2,1H3,(H,15,18). The summed E-state index contributed by atoms with van der Waals surface area (Å²) in [4.78, 5) is 12.0. The van der Waals surface area contributed by atoms with Crippen LogP contribution in [0.4, 0.5) is 5.69 Å². The molecule has 1 amide bonds. The van der Waals surface area contributed by atoms with Gasteiger partial charge in [-0.25, -0.2) is 0 Å². The molecule has 18 heavy (non-hydrogen) atoms. The van der Waals surface area contributed by atoms with Crippen molar-refractivity contribution in [1.29, 1.82) is 0 Å². The highest BCUT2D eigenvalue weighted by atomic mass is 35.5. The Morgan fingerprint density at radius 3 is 2.44 bits per heavy atom. The molecule has 1 rings (SSSR count). The number of halogens is 1. The molecule has 0 fully saturated rings. The van der Waals surface area contributed by atoms with Gasteiger partial charge < -0.3 is 21.3 Å². The molecule has 5 nitrogen and oxygen atoms in total. The molecule has 1 aromatic rings. The molecule has 0 heterocycles. The number of aliphatic hydroxyl groups excluding tert-OH is 2. The highest BCUT2D eigenvalue weighted by molar-refractivity contribution is 6.31. The first-order valence-electron chi connectivity index (χ1n) is 5.56. The van der Waals surface area contributed by atoms with Gasteiger partial charge in [-0.2, -0.15) is 0 Å². The topological polar surface area (TPSA) is 95.6 Å². The quantitative estimate of drug-likeness (QED) is 0.596. The zero-order valence-corrected chi connectivity index (χ0v) is 10.9. The fourth-order valence-electron chi connectivity index (χ4n) is 1.50. The lowest BCUT2D eigenvalue weighted by molar-refractivity contribution is 0.0653. The van der Waals surface area contributed by atoms with Gasteiger partial charge in [0.1, 0.15) is 0 Å². The largest absolute Gasteiger partial charge is 0.399 e. The van der Waals surface area contributed by atoms with Gasteiger partial charge in [0.15, 0.2) is 0 Å². The van der Waals surface area contributed by atoms with Crippen molar-refractivity contribution >= 4 is 23.2 Å². The highest BCUT2D eigenvalue weighted by Gasteiger charge is 2.29. The summed E-state index contributed by atoms with van der Waals surface area (Å²) in [5.41, 5.74) is 5.23. The Morgan fingerprint density at radius 1 is 1.39 bits per heavy atom. The molecule has 0 bridgehead atoms. The number of hydrogen-bond acceptors (Lipinski definition) is 4. The molecule has 1 aromatic carbocycles. The lowest BCUT2D eigenvalue weighted by Crippen LogP contribution is -2.53. The Hall–Kier alpha value is -1.30. The van der Waals surface area contributed by atoms with Gasteiger partial charge >= 0.3 is 0 Å². The van der Waals surface area contributed by atoms with Gasteiger partial charge in [-0.15, -0.1) is 0 Å². The molecule has 6 heteroatoms. The highest BCUT2D eigenvalue weighted by Crippen LogP contribution is 2.18. The molecule has 0 aliphatic rings. The summed E-state index contributed by atoms with van der Waals surface area (Å²) in [6.07, 6.45) is 0.405. The Kier molecular flexibility index (Phi) is 4.95. The average molecular weight is 273 g/mol. The van der Waals surface area contributed by atoms with Gasteiger partial charge in [-0.1, -0.05) is 18.5 Å². The molecule has 0 aromatic heterocycles. The predicted molar refractivity (Wildman–Crippen MR) is 70.5 cm³/mol. The first-order valence-corrected chi connectivity index (χ1v) is 5.94. The van der Waals surface area contributed by atoms with Crippen LogP contribution in [0.3, 0.4) is 0 Å². The number of anilines is 1. The SMILES string of the molecule is CCC(CO)(CO)NC(=O)c1cc(N)cc(Cl)c1. The summed E-state index contributed by atoms with van der Waals surface area (Å²) >= 11 is 5.81. The minimum Gasteiger partial charge on any atom is -0.399 e. The molecule has 0 saturated heterocycles. The number of aliphatic hydroxyl groups is 2. The predicted octanol–water partition coefficient (Wildman–Crippen LogP) is 0.785. The van der Waals surface area contributed by atoms with Crippen LogP contribution >= 0.6 is 11.6 Å². The van der Waals surface area contributed by atoms with E-state index in [-0.39, 0.29) is 13.2 Å². The van der Waals surface area contributed by atoms with E-state index in [9.17, 15) is 15.0 Å². The molecular weight excluding hydrogens is 256 g/mol. The number of carbonyl (C=O) groups excluding carboxylic acids is 1. The molecule has 0 aliphatic carbocycles. The fraction of sp³-hybridized carbons (Fsp3) is 0.417. The van der Waals surface area contributed by atoms with Gasteiger partial charge in [-0.3, -0.25) is 4.79 Å². The van der Waals surface area contributed by atoms with E-state index >= 15 is 0 Å². The van der Waals surface area contributed by atoms with E-state index in [0.29, 0.717) is 22.7 Å². The Bertz CT molecular complexity index is 405. The van der Waals surface area contributed by atoms with Crippen LogP contribution in [0.25, 0.3) is 0 Å². The van der Waals surface area contributed by atoms with Crippen molar-refractivity contribution in [3.8, 4) is 0 Å². The van der Waals surface area contributed by atoms with E-state index in [4.69, 9.17) is 17.3 Å². The lowest BCUT2D eigenvalue weighted by atomic mass is 9.98. The molecule has 0 aliphatic heterocycles. The second kappa shape index (κ2) is 6.04. The van der Waals surface area contributed by atoms with Crippen molar-refractivity contribution in [1.82, 2.24) is 5.32 Å². The maximum Gasteiger partial charge on any atom is 0.251 e.